The molecule has 1 aromatic heterocycles. The number of nitriles is 1. The lowest BCUT2D eigenvalue weighted by Crippen LogP contribution is -2.33. The van der Waals surface area contributed by atoms with Crippen LogP contribution in [0, 0.1) is 16.7 Å². The quantitative estimate of drug-likeness (QED) is 0.833. The predicted molar refractivity (Wildman–Crippen MR) is 97.1 cm³/mol. The second-order valence-electron chi connectivity index (χ2n) is 6.25. The van der Waals surface area contributed by atoms with Gasteiger partial charge < -0.3 is 5.32 Å². The van der Waals surface area contributed by atoms with Gasteiger partial charge in [0, 0.05) is 24.0 Å². The number of aromatic nitrogens is 2. The number of ketones is 1. The minimum Gasteiger partial charge on any atom is -0.324 e. The molecule has 0 spiro atoms. The molecule has 26 heavy (non-hydrogen) atoms. The summed E-state index contributed by atoms with van der Waals surface area (Å²) >= 11 is 0. The zero-order chi connectivity index (χ0) is 18.7. The number of nitrogens with one attached hydrogen (secondary N) is 1. The van der Waals surface area contributed by atoms with Crippen molar-refractivity contribution in [2.75, 3.05) is 16.8 Å². The van der Waals surface area contributed by atoms with E-state index in [0.29, 0.717) is 36.7 Å². The Balaban J connectivity index is 1.80. The molecule has 1 saturated heterocycles. The van der Waals surface area contributed by atoms with Crippen LogP contribution in [0.1, 0.15) is 37.0 Å². The number of carbonyl (C=O) groups excluding carboxylic acids is 2. The minimum atomic E-state index is -0.957. The lowest BCUT2D eigenvalue weighted by Gasteiger charge is -2.19. The summed E-state index contributed by atoms with van der Waals surface area (Å²) < 4.78 is 0. The summed E-state index contributed by atoms with van der Waals surface area (Å²) in [6, 6.07) is 10.8. The van der Waals surface area contributed by atoms with Crippen molar-refractivity contribution in [3.05, 3.63) is 42.1 Å². The molecule has 1 amide bonds. The van der Waals surface area contributed by atoms with E-state index in [9.17, 15) is 14.9 Å². The number of rotatable bonds is 5. The molecule has 7 heteroatoms. The van der Waals surface area contributed by atoms with Crippen molar-refractivity contribution in [3.8, 4) is 6.07 Å². The normalized spacial score (nSPS) is 19.3. The Labute approximate surface area is 151 Å². The van der Waals surface area contributed by atoms with Crippen LogP contribution in [0.3, 0.4) is 0 Å². The third kappa shape index (κ3) is 3.14. The molecule has 0 aliphatic carbocycles. The fourth-order valence-corrected chi connectivity index (χ4v) is 2.98. The van der Waals surface area contributed by atoms with E-state index < -0.39 is 5.41 Å². The number of carbonyl (C=O) groups is 2. The lowest BCUT2D eigenvalue weighted by atomic mass is 9.85. The zero-order valence-electron chi connectivity index (χ0n) is 14.7. The molecule has 1 aliphatic rings. The number of nitrogens with zero attached hydrogens (tertiary/aromatic N) is 4. The molecular formula is C19H19N5O2. The highest BCUT2D eigenvalue weighted by molar-refractivity contribution is 6.01. The molecule has 2 heterocycles. The molecule has 132 valence electrons. The van der Waals surface area contributed by atoms with E-state index in [-0.39, 0.29) is 11.7 Å². The Bertz CT molecular complexity index is 888. The topological polar surface area (TPSA) is 99.0 Å². The van der Waals surface area contributed by atoms with Crippen molar-refractivity contribution in [3.63, 3.8) is 0 Å². The van der Waals surface area contributed by atoms with E-state index >= 15 is 0 Å². The predicted octanol–water partition coefficient (Wildman–Crippen LogP) is 3.08. The first-order chi connectivity index (χ1) is 12.5. The van der Waals surface area contributed by atoms with Crippen LogP contribution in [-0.4, -0.2) is 28.2 Å². The SMILES string of the molecule is CC[C@]1(C#N)CCN(c2ccnc(Nc3ccc(C(C)=O)cc3)n2)C1=O. The van der Waals surface area contributed by atoms with Crippen LogP contribution < -0.4 is 10.2 Å². The summed E-state index contributed by atoms with van der Waals surface area (Å²) in [7, 11) is 0. The first kappa shape index (κ1) is 17.5. The van der Waals surface area contributed by atoms with E-state index in [1.807, 2.05) is 6.92 Å². The van der Waals surface area contributed by atoms with Crippen molar-refractivity contribution in [2.24, 2.45) is 5.41 Å². The fraction of sp³-hybridized carbons (Fsp3) is 0.316. The second kappa shape index (κ2) is 6.92. The molecule has 0 saturated carbocycles. The molecule has 0 bridgehead atoms. The van der Waals surface area contributed by atoms with Crippen molar-refractivity contribution in [1.82, 2.24) is 9.97 Å². The maximum Gasteiger partial charge on any atom is 0.248 e. The third-order valence-corrected chi connectivity index (χ3v) is 4.70. The van der Waals surface area contributed by atoms with Gasteiger partial charge in [-0.3, -0.25) is 14.5 Å². The van der Waals surface area contributed by atoms with Gasteiger partial charge in [0.2, 0.25) is 11.9 Å². The molecule has 0 unspecified atom stereocenters. The number of amides is 1. The summed E-state index contributed by atoms with van der Waals surface area (Å²) in [5.74, 6) is 0.604. The van der Waals surface area contributed by atoms with Crippen LogP contribution in [0.2, 0.25) is 0 Å². The van der Waals surface area contributed by atoms with Gasteiger partial charge in [0.15, 0.2) is 5.78 Å². The van der Waals surface area contributed by atoms with Gasteiger partial charge in [0.25, 0.3) is 0 Å². The molecule has 7 nitrogen and oxygen atoms in total. The number of hydrogen-bond donors (Lipinski definition) is 1. The van der Waals surface area contributed by atoms with Crippen LogP contribution in [0.25, 0.3) is 0 Å². The Kier molecular flexibility index (Phi) is 4.67. The summed E-state index contributed by atoms with van der Waals surface area (Å²) in [5, 5.41) is 12.5. The molecule has 3 rings (SSSR count). The van der Waals surface area contributed by atoms with Gasteiger partial charge in [-0.05, 0) is 50.1 Å². The Morgan fingerprint density at radius 2 is 2.08 bits per heavy atom. The smallest absolute Gasteiger partial charge is 0.248 e. The van der Waals surface area contributed by atoms with Gasteiger partial charge in [0.1, 0.15) is 11.2 Å². The van der Waals surface area contributed by atoms with Crippen LogP contribution in [0.5, 0.6) is 0 Å². The minimum absolute atomic E-state index is 0.000700. The van der Waals surface area contributed by atoms with Crippen molar-refractivity contribution < 1.29 is 9.59 Å². The van der Waals surface area contributed by atoms with Gasteiger partial charge >= 0.3 is 0 Å². The zero-order valence-corrected chi connectivity index (χ0v) is 14.7. The van der Waals surface area contributed by atoms with Gasteiger partial charge in [-0.1, -0.05) is 6.92 Å². The molecule has 1 aliphatic heterocycles. The number of anilines is 3. The number of Topliss-reactive ketones (excluding diaryl/α,β-unsaturated/α-hetero) is 1. The van der Waals surface area contributed by atoms with Crippen LogP contribution in [-0.2, 0) is 4.79 Å². The van der Waals surface area contributed by atoms with Crippen molar-refractivity contribution in [1.29, 1.82) is 5.26 Å². The van der Waals surface area contributed by atoms with E-state index in [0.717, 1.165) is 5.69 Å². The average molecular weight is 349 g/mol. The maximum atomic E-state index is 12.7. The van der Waals surface area contributed by atoms with E-state index in [2.05, 4.69) is 21.4 Å². The van der Waals surface area contributed by atoms with Crippen LogP contribution in [0.15, 0.2) is 36.5 Å². The molecular weight excluding hydrogens is 330 g/mol. The van der Waals surface area contributed by atoms with Crippen molar-refractivity contribution >= 4 is 29.1 Å². The van der Waals surface area contributed by atoms with E-state index in [1.165, 1.54) is 6.92 Å². The highest BCUT2D eigenvalue weighted by Gasteiger charge is 2.46. The van der Waals surface area contributed by atoms with E-state index in [1.54, 1.807) is 41.4 Å². The van der Waals surface area contributed by atoms with Gasteiger partial charge in [-0.15, -0.1) is 0 Å². The average Bonchev–Trinajstić information content (AvgIpc) is 2.99. The standard InChI is InChI=1S/C19H19N5O2/c1-3-19(12-20)9-11-24(17(19)26)16-8-10-21-18(23-16)22-15-6-4-14(5-7-15)13(2)25/h4-8,10H,3,9,11H2,1-2H3,(H,21,22,23)/t19-/m1/s1. The maximum absolute atomic E-state index is 12.7. The molecule has 1 fully saturated rings. The van der Waals surface area contributed by atoms with Crippen molar-refractivity contribution in [2.45, 2.75) is 26.7 Å². The number of benzene rings is 1. The molecule has 2 aromatic rings. The third-order valence-electron chi connectivity index (χ3n) is 4.70. The highest BCUT2D eigenvalue weighted by Crippen LogP contribution is 2.36. The Morgan fingerprint density at radius 1 is 1.35 bits per heavy atom. The van der Waals surface area contributed by atoms with Gasteiger partial charge in [0.05, 0.1) is 6.07 Å². The van der Waals surface area contributed by atoms with Crippen LogP contribution >= 0.6 is 0 Å². The van der Waals surface area contributed by atoms with E-state index in [4.69, 9.17) is 0 Å². The fourth-order valence-electron chi connectivity index (χ4n) is 2.98. The second-order valence-corrected chi connectivity index (χ2v) is 6.25. The highest BCUT2D eigenvalue weighted by atomic mass is 16.2. The van der Waals surface area contributed by atoms with Gasteiger partial charge in [-0.2, -0.15) is 10.2 Å². The summed E-state index contributed by atoms with van der Waals surface area (Å²) in [5.41, 5.74) is 0.404. The molecule has 1 N–H and O–H groups in total. The Morgan fingerprint density at radius 3 is 2.65 bits per heavy atom. The summed E-state index contributed by atoms with van der Waals surface area (Å²) in [6.07, 6.45) is 2.55. The number of hydrogen-bond acceptors (Lipinski definition) is 6. The van der Waals surface area contributed by atoms with Crippen LogP contribution in [0.4, 0.5) is 17.5 Å². The molecule has 1 atom stereocenters. The Hall–Kier alpha value is -3.27. The molecule has 0 radical (unpaired) electrons. The molecule has 1 aromatic carbocycles. The first-order valence-electron chi connectivity index (χ1n) is 8.43. The van der Waals surface area contributed by atoms with Gasteiger partial charge in [-0.25, -0.2) is 4.98 Å². The first-order valence-corrected chi connectivity index (χ1v) is 8.43. The summed E-state index contributed by atoms with van der Waals surface area (Å²) in [4.78, 5) is 34.1. The monoisotopic (exact) mass is 349 g/mol. The largest absolute Gasteiger partial charge is 0.324 e. The summed E-state index contributed by atoms with van der Waals surface area (Å²) in [6.45, 7) is 3.83. The lowest BCUT2D eigenvalue weighted by molar-refractivity contribution is -0.123.